The zero-order chi connectivity index (χ0) is 24.1. The average molecular weight is 472 g/mol. The maximum Gasteiger partial charge on any atom is 0.360 e. The smallest absolute Gasteiger partial charge is 0.360 e. The van der Waals surface area contributed by atoms with E-state index in [9.17, 15) is 22.4 Å². The van der Waals surface area contributed by atoms with Crippen molar-refractivity contribution >= 4 is 26.6 Å². The Morgan fingerprint density at radius 2 is 1.84 bits per heavy atom. The molecule has 0 aliphatic heterocycles. The molecule has 6 nitrogen and oxygen atoms in total. The van der Waals surface area contributed by atoms with Crippen LogP contribution in [0.3, 0.4) is 0 Å². The minimum absolute atomic E-state index is 0.118. The number of benzene rings is 2. The number of methoxy groups -OCH3 is 1. The fourth-order valence-electron chi connectivity index (χ4n) is 2.94. The number of carbonyl (C=O) groups is 1. The second-order valence-electron chi connectivity index (χ2n) is 6.60. The number of hydrogen-bond donors (Lipinski definition) is 0. The molecule has 0 aliphatic rings. The molecule has 0 amide bonds. The van der Waals surface area contributed by atoms with Gasteiger partial charge in [-0.3, -0.25) is 0 Å². The van der Waals surface area contributed by atoms with Crippen LogP contribution >= 0.6 is 9.24 Å². The van der Waals surface area contributed by atoms with Crippen LogP contribution in [-0.4, -0.2) is 31.6 Å². The molecule has 11 heteroatoms. The molecule has 0 bridgehead atoms. The topological polar surface area (TPSA) is 69.5 Å². The first-order chi connectivity index (χ1) is 15.0. The van der Waals surface area contributed by atoms with Crippen LogP contribution in [0.2, 0.25) is 0 Å². The average Bonchev–Trinajstić information content (AvgIpc) is 2.71. The number of rotatable bonds is 8. The van der Waals surface area contributed by atoms with Gasteiger partial charge in [0, 0.05) is 28.3 Å². The van der Waals surface area contributed by atoms with E-state index < -0.39 is 34.4 Å². The monoisotopic (exact) mass is 472 g/mol. The third kappa shape index (κ3) is 5.82. The highest BCUT2D eigenvalue weighted by molar-refractivity contribution is 7.17. The molecule has 2 aromatic rings. The van der Waals surface area contributed by atoms with Crippen molar-refractivity contribution in [2.45, 2.75) is 26.1 Å². The molecule has 0 heterocycles. The molecule has 0 aliphatic carbocycles. The van der Waals surface area contributed by atoms with Gasteiger partial charge in [0.2, 0.25) is 0 Å². The van der Waals surface area contributed by atoms with Crippen LogP contribution in [0.1, 0.15) is 34.7 Å². The van der Waals surface area contributed by atoms with Crippen molar-refractivity contribution in [1.82, 2.24) is 0 Å². The third-order valence-corrected chi connectivity index (χ3v) is 4.72. The third-order valence-electron chi connectivity index (χ3n) is 4.41. The number of oxime groups is 2. The van der Waals surface area contributed by atoms with Crippen LogP contribution in [0.4, 0.5) is 17.6 Å². The van der Waals surface area contributed by atoms with Crippen LogP contribution < -0.4 is 0 Å². The molecular weight excluding hydrogens is 451 g/mol. The molecule has 0 radical (unpaired) electrons. The molecule has 172 valence electrons. The molecule has 0 aromatic heterocycles. The highest BCUT2D eigenvalue weighted by Gasteiger charge is 2.31. The van der Waals surface area contributed by atoms with Crippen molar-refractivity contribution in [3.05, 3.63) is 69.8 Å². The molecule has 1 atom stereocenters. The van der Waals surface area contributed by atoms with Gasteiger partial charge in [-0.2, -0.15) is 8.78 Å². The zero-order valence-electron chi connectivity index (χ0n) is 17.7. The summed E-state index contributed by atoms with van der Waals surface area (Å²) >= 11 is 0. The Bertz CT molecular complexity index is 1070. The first kappa shape index (κ1) is 25.3. The lowest BCUT2D eigenvalue weighted by Gasteiger charge is -2.16. The van der Waals surface area contributed by atoms with Crippen LogP contribution in [0.25, 0.3) is 0 Å². The predicted molar refractivity (Wildman–Crippen MR) is 114 cm³/mol. The second-order valence-corrected chi connectivity index (χ2v) is 7.32. The number of nitrogens with zero attached hydrogens (tertiary/aromatic N) is 2. The fraction of sp³-hybridized carbons (Fsp3) is 0.286. The van der Waals surface area contributed by atoms with Crippen molar-refractivity contribution in [1.29, 1.82) is 0 Å². The van der Waals surface area contributed by atoms with Gasteiger partial charge in [-0.05, 0) is 25.5 Å². The van der Waals surface area contributed by atoms with Crippen molar-refractivity contribution in [3.8, 4) is 0 Å². The van der Waals surface area contributed by atoms with Crippen molar-refractivity contribution in [2.24, 2.45) is 10.3 Å². The molecule has 0 N–H and O–H groups in total. The summed E-state index contributed by atoms with van der Waals surface area (Å²) in [7, 11) is 3.68. The second kappa shape index (κ2) is 10.5. The van der Waals surface area contributed by atoms with Gasteiger partial charge in [-0.1, -0.05) is 37.8 Å². The quantitative estimate of drug-likeness (QED) is 0.184. The summed E-state index contributed by atoms with van der Waals surface area (Å²) in [5.74, 6) is -3.10. The lowest BCUT2D eigenvalue weighted by molar-refractivity contribution is -0.132. The largest absolute Gasteiger partial charge is 0.464 e. The first-order valence-corrected chi connectivity index (χ1v) is 9.70. The minimum Gasteiger partial charge on any atom is -0.464 e. The van der Waals surface area contributed by atoms with Gasteiger partial charge in [0.1, 0.15) is 25.4 Å². The summed E-state index contributed by atoms with van der Waals surface area (Å²) < 4.78 is 60.2. The Morgan fingerprint density at radius 1 is 1.16 bits per heavy atom. The summed E-state index contributed by atoms with van der Waals surface area (Å²) in [5, 5.41) is 7.43. The van der Waals surface area contributed by atoms with E-state index in [1.54, 1.807) is 25.1 Å². The molecular formula is C21H21F4N2O4P. The minimum atomic E-state index is -3.59. The number of alkyl halides is 2. The van der Waals surface area contributed by atoms with E-state index in [0.717, 1.165) is 0 Å². The molecule has 0 saturated carbocycles. The first-order valence-electron chi connectivity index (χ1n) is 9.12. The summed E-state index contributed by atoms with van der Waals surface area (Å²) in [6.07, 6.45) is 0. The summed E-state index contributed by atoms with van der Waals surface area (Å²) in [6, 6.07) is 6.03. The Kier molecular flexibility index (Phi) is 8.32. The van der Waals surface area contributed by atoms with Gasteiger partial charge >= 0.3 is 5.97 Å². The number of ether oxygens (including phenoxy) is 1. The summed E-state index contributed by atoms with van der Waals surface area (Å²) in [6.45, 7) is 2.78. The number of halogens is 4. The maximum atomic E-state index is 14.3. The molecule has 0 fully saturated rings. The number of aryl methyl sites for hydroxylation is 1. The van der Waals surface area contributed by atoms with Gasteiger partial charge in [0.05, 0.1) is 12.8 Å². The van der Waals surface area contributed by atoms with E-state index in [1.165, 1.54) is 30.4 Å². The highest BCUT2D eigenvalue weighted by atomic mass is 31.0. The normalized spacial score (nSPS) is 12.5. The molecule has 2 aromatic carbocycles. The summed E-state index contributed by atoms with van der Waals surface area (Å²) in [4.78, 5) is 22.1. The van der Waals surface area contributed by atoms with Crippen molar-refractivity contribution in [2.75, 3.05) is 14.2 Å². The Balaban J connectivity index is 2.41. The molecule has 32 heavy (non-hydrogen) atoms. The zero-order valence-corrected chi connectivity index (χ0v) is 18.9. The van der Waals surface area contributed by atoms with E-state index in [4.69, 9.17) is 14.4 Å². The number of carbonyl (C=O) groups excluding carboxylic acids is 1. The predicted octanol–water partition coefficient (Wildman–Crippen LogP) is 4.66. The lowest BCUT2D eigenvalue weighted by atomic mass is 9.99. The van der Waals surface area contributed by atoms with Gasteiger partial charge < -0.3 is 14.4 Å². The van der Waals surface area contributed by atoms with Crippen LogP contribution in [0.15, 0.2) is 40.6 Å². The van der Waals surface area contributed by atoms with E-state index in [1.807, 2.05) is 0 Å². The SMILES string of the molecule is CO/N=C(/C(=O)OC)c1cccc(C)c1CO/N=C(\C)c1c(F)cc(F)cc1C(F)(F)P. The van der Waals surface area contributed by atoms with Crippen LogP contribution in [0, 0.1) is 18.6 Å². The van der Waals surface area contributed by atoms with E-state index in [-0.39, 0.29) is 18.0 Å². The van der Waals surface area contributed by atoms with Crippen molar-refractivity contribution in [3.63, 3.8) is 0 Å². The van der Waals surface area contributed by atoms with E-state index in [0.29, 0.717) is 28.8 Å². The number of esters is 1. The van der Waals surface area contributed by atoms with Gasteiger partial charge in [-0.25, -0.2) is 13.6 Å². The van der Waals surface area contributed by atoms with Crippen molar-refractivity contribution < 1.29 is 36.8 Å². The summed E-state index contributed by atoms with van der Waals surface area (Å²) in [5.41, 5.74) is -3.87. The van der Waals surface area contributed by atoms with Crippen LogP contribution in [-0.2, 0) is 31.5 Å². The van der Waals surface area contributed by atoms with Crippen LogP contribution in [0.5, 0.6) is 0 Å². The highest BCUT2D eigenvalue weighted by Crippen LogP contribution is 2.38. The Morgan fingerprint density at radius 3 is 2.44 bits per heavy atom. The Hall–Kier alpha value is -3.00. The van der Waals surface area contributed by atoms with Gasteiger partial charge in [0.15, 0.2) is 5.71 Å². The fourth-order valence-corrected chi connectivity index (χ4v) is 3.17. The number of hydrogen-bond acceptors (Lipinski definition) is 6. The molecule has 0 spiro atoms. The van der Waals surface area contributed by atoms with Gasteiger partial charge in [-0.15, -0.1) is 0 Å². The Labute approximate surface area is 184 Å². The maximum absolute atomic E-state index is 14.3. The molecule has 2 rings (SSSR count). The van der Waals surface area contributed by atoms with Gasteiger partial charge in [0.25, 0.3) is 5.66 Å². The standard InChI is InChI=1S/C21H21F4N2O4P/c1-11-6-5-7-14(19(27-30-4)20(28)29-3)15(11)10-31-26-12(2)18-16(21(24,25)32)8-13(22)9-17(18)23/h5-9H,10,32H2,1-4H3/b26-12+,27-19+. The van der Waals surface area contributed by atoms with E-state index in [2.05, 4.69) is 10.3 Å². The molecule has 0 saturated heterocycles. The molecule has 1 unspecified atom stereocenters. The lowest BCUT2D eigenvalue weighted by Crippen LogP contribution is -2.20. The van der Waals surface area contributed by atoms with E-state index >= 15 is 0 Å².